The molecule has 0 aromatic heterocycles. The Labute approximate surface area is 159 Å². The highest BCUT2D eigenvalue weighted by atomic mass is 79.9. The summed E-state index contributed by atoms with van der Waals surface area (Å²) in [6, 6.07) is 18.0. The lowest BCUT2D eigenvalue weighted by atomic mass is 10.0. The normalized spacial score (nSPS) is 10.5. The van der Waals surface area contributed by atoms with Gasteiger partial charge in [-0.2, -0.15) is 0 Å². The number of carbonyl (C=O) groups is 1. The van der Waals surface area contributed by atoms with Crippen LogP contribution in [-0.4, -0.2) is 10.9 Å². The van der Waals surface area contributed by atoms with Crippen LogP contribution >= 0.6 is 15.9 Å². The standard InChI is InChI=1S/C21H16BrFO3/c22-16-5-1-14(2-6-16)11-20(24)19-10-9-18(12-21(19)25)26-13-15-3-7-17(23)8-4-15/h1-10,12,25H,11,13H2. The maximum absolute atomic E-state index is 12.9. The Bertz CT molecular complexity index is 906. The van der Waals surface area contributed by atoms with Crippen molar-refractivity contribution in [3.8, 4) is 11.5 Å². The first-order valence-electron chi connectivity index (χ1n) is 7.99. The molecule has 3 nitrogen and oxygen atoms in total. The predicted octanol–water partition coefficient (Wildman–Crippen LogP) is 5.30. The lowest BCUT2D eigenvalue weighted by Crippen LogP contribution is -2.04. The minimum absolute atomic E-state index is 0.122. The van der Waals surface area contributed by atoms with Gasteiger partial charge in [-0.05, 0) is 47.5 Å². The summed E-state index contributed by atoms with van der Waals surface area (Å²) >= 11 is 3.35. The summed E-state index contributed by atoms with van der Waals surface area (Å²) in [6.07, 6.45) is 0.205. The van der Waals surface area contributed by atoms with E-state index in [-0.39, 0.29) is 35.9 Å². The van der Waals surface area contributed by atoms with Crippen LogP contribution in [0.2, 0.25) is 0 Å². The van der Waals surface area contributed by atoms with Crippen molar-refractivity contribution in [2.45, 2.75) is 13.0 Å². The number of phenols is 1. The van der Waals surface area contributed by atoms with E-state index in [1.807, 2.05) is 24.3 Å². The maximum Gasteiger partial charge on any atom is 0.170 e. The molecule has 132 valence electrons. The number of halogens is 2. The van der Waals surface area contributed by atoms with Gasteiger partial charge in [-0.1, -0.05) is 40.2 Å². The van der Waals surface area contributed by atoms with Crippen molar-refractivity contribution in [3.05, 3.63) is 93.7 Å². The molecular formula is C21H16BrFO3. The Hall–Kier alpha value is -2.66. The fourth-order valence-electron chi connectivity index (χ4n) is 2.47. The van der Waals surface area contributed by atoms with Crippen LogP contribution in [0.15, 0.2) is 71.2 Å². The van der Waals surface area contributed by atoms with E-state index in [1.165, 1.54) is 18.2 Å². The highest BCUT2D eigenvalue weighted by molar-refractivity contribution is 9.10. The predicted molar refractivity (Wildman–Crippen MR) is 101 cm³/mol. The Morgan fingerprint density at radius 2 is 1.62 bits per heavy atom. The number of ether oxygens (including phenoxy) is 1. The average Bonchev–Trinajstić information content (AvgIpc) is 2.63. The second-order valence-corrected chi connectivity index (χ2v) is 6.74. The Kier molecular flexibility index (Phi) is 5.68. The van der Waals surface area contributed by atoms with Crippen LogP contribution < -0.4 is 4.74 Å². The smallest absolute Gasteiger partial charge is 0.170 e. The van der Waals surface area contributed by atoms with Crippen LogP contribution in [0.1, 0.15) is 21.5 Å². The largest absolute Gasteiger partial charge is 0.507 e. The molecule has 0 saturated carbocycles. The number of rotatable bonds is 6. The first-order valence-corrected chi connectivity index (χ1v) is 8.78. The molecule has 26 heavy (non-hydrogen) atoms. The highest BCUT2D eigenvalue weighted by Crippen LogP contribution is 2.26. The van der Waals surface area contributed by atoms with Gasteiger partial charge in [0.1, 0.15) is 23.9 Å². The molecule has 5 heteroatoms. The van der Waals surface area contributed by atoms with Gasteiger partial charge < -0.3 is 9.84 Å². The third-order valence-corrected chi connectivity index (χ3v) is 4.39. The second-order valence-electron chi connectivity index (χ2n) is 5.82. The maximum atomic E-state index is 12.9. The first-order chi connectivity index (χ1) is 12.5. The van der Waals surface area contributed by atoms with Crippen LogP contribution in [0.3, 0.4) is 0 Å². The van der Waals surface area contributed by atoms with Crippen LogP contribution in [0.25, 0.3) is 0 Å². The van der Waals surface area contributed by atoms with Crippen molar-refractivity contribution in [1.82, 2.24) is 0 Å². The van der Waals surface area contributed by atoms with Crippen LogP contribution in [0.5, 0.6) is 11.5 Å². The molecule has 0 bridgehead atoms. The Balaban J connectivity index is 1.65. The molecule has 0 saturated heterocycles. The molecule has 0 atom stereocenters. The minimum Gasteiger partial charge on any atom is -0.507 e. The second kappa shape index (κ2) is 8.15. The number of hydrogen-bond acceptors (Lipinski definition) is 3. The summed E-state index contributed by atoms with van der Waals surface area (Å²) in [6.45, 7) is 0.242. The van der Waals surface area contributed by atoms with Crippen molar-refractivity contribution in [2.24, 2.45) is 0 Å². The minimum atomic E-state index is -0.306. The van der Waals surface area contributed by atoms with Crippen LogP contribution in [0, 0.1) is 5.82 Å². The van der Waals surface area contributed by atoms with Gasteiger partial charge in [0.15, 0.2) is 5.78 Å². The van der Waals surface area contributed by atoms with Crippen molar-refractivity contribution >= 4 is 21.7 Å². The SMILES string of the molecule is O=C(Cc1ccc(Br)cc1)c1ccc(OCc2ccc(F)cc2)cc1O. The zero-order chi connectivity index (χ0) is 18.5. The lowest BCUT2D eigenvalue weighted by molar-refractivity contribution is 0.0990. The summed E-state index contributed by atoms with van der Waals surface area (Å²) < 4.78 is 19.4. The Morgan fingerprint density at radius 3 is 2.27 bits per heavy atom. The molecule has 3 rings (SSSR count). The first kappa shape index (κ1) is 18.1. The van der Waals surface area contributed by atoms with Gasteiger partial charge in [0.2, 0.25) is 0 Å². The number of Topliss-reactive ketones (excluding diaryl/α,β-unsaturated/α-hetero) is 1. The van der Waals surface area contributed by atoms with Gasteiger partial charge >= 0.3 is 0 Å². The molecular weight excluding hydrogens is 399 g/mol. The van der Waals surface area contributed by atoms with E-state index in [4.69, 9.17) is 4.74 Å². The zero-order valence-corrected chi connectivity index (χ0v) is 15.4. The molecule has 0 aliphatic heterocycles. The molecule has 3 aromatic carbocycles. The van der Waals surface area contributed by atoms with Crippen LogP contribution in [-0.2, 0) is 13.0 Å². The van der Waals surface area contributed by atoms with Crippen LogP contribution in [0.4, 0.5) is 4.39 Å². The zero-order valence-electron chi connectivity index (χ0n) is 13.8. The van der Waals surface area contributed by atoms with Crippen molar-refractivity contribution in [2.75, 3.05) is 0 Å². The molecule has 3 aromatic rings. The molecule has 0 heterocycles. The molecule has 0 radical (unpaired) electrons. The summed E-state index contributed by atoms with van der Waals surface area (Å²) in [5.74, 6) is -0.161. The quantitative estimate of drug-likeness (QED) is 0.556. The molecule has 0 unspecified atom stereocenters. The fourth-order valence-corrected chi connectivity index (χ4v) is 2.73. The summed E-state index contributed by atoms with van der Waals surface area (Å²) in [7, 11) is 0. The van der Waals surface area contributed by atoms with Crippen molar-refractivity contribution in [1.29, 1.82) is 0 Å². The number of phenolic OH excluding ortho intramolecular Hbond substituents is 1. The van der Waals surface area contributed by atoms with E-state index in [0.717, 1.165) is 15.6 Å². The average molecular weight is 415 g/mol. The van der Waals surface area contributed by atoms with E-state index >= 15 is 0 Å². The van der Waals surface area contributed by atoms with Gasteiger partial charge in [0.25, 0.3) is 0 Å². The molecule has 1 N–H and O–H groups in total. The Morgan fingerprint density at radius 1 is 0.962 bits per heavy atom. The van der Waals surface area contributed by atoms with Crippen molar-refractivity contribution in [3.63, 3.8) is 0 Å². The van der Waals surface area contributed by atoms with Gasteiger partial charge in [-0.25, -0.2) is 4.39 Å². The molecule has 0 amide bonds. The fraction of sp³-hybridized carbons (Fsp3) is 0.0952. The number of carbonyl (C=O) groups excluding carboxylic acids is 1. The number of ketones is 1. The summed E-state index contributed by atoms with van der Waals surface area (Å²) in [4.78, 5) is 12.4. The third-order valence-electron chi connectivity index (χ3n) is 3.87. The van der Waals surface area contributed by atoms with E-state index < -0.39 is 0 Å². The van der Waals surface area contributed by atoms with Crippen molar-refractivity contribution < 1.29 is 19.0 Å². The lowest BCUT2D eigenvalue weighted by Gasteiger charge is -2.09. The molecule has 0 spiro atoms. The molecule has 0 aliphatic rings. The molecule has 0 aliphatic carbocycles. The van der Waals surface area contributed by atoms with Gasteiger partial charge in [-0.15, -0.1) is 0 Å². The molecule has 0 fully saturated rings. The van der Waals surface area contributed by atoms with E-state index in [2.05, 4.69) is 15.9 Å². The van der Waals surface area contributed by atoms with Gasteiger partial charge in [0.05, 0.1) is 5.56 Å². The number of hydrogen-bond donors (Lipinski definition) is 1. The summed E-state index contributed by atoms with van der Waals surface area (Å²) in [5, 5.41) is 10.2. The number of aromatic hydroxyl groups is 1. The van der Waals surface area contributed by atoms with E-state index in [9.17, 15) is 14.3 Å². The highest BCUT2D eigenvalue weighted by Gasteiger charge is 2.13. The summed E-state index contributed by atoms with van der Waals surface area (Å²) in [5.41, 5.74) is 1.93. The topological polar surface area (TPSA) is 46.5 Å². The monoisotopic (exact) mass is 414 g/mol. The number of benzene rings is 3. The van der Waals surface area contributed by atoms with Gasteiger partial charge in [0, 0.05) is 17.0 Å². The van der Waals surface area contributed by atoms with E-state index in [0.29, 0.717) is 5.75 Å². The van der Waals surface area contributed by atoms with E-state index in [1.54, 1.807) is 24.3 Å². The third kappa shape index (κ3) is 4.70. The van der Waals surface area contributed by atoms with Gasteiger partial charge in [-0.3, -0.25) is 4.79 Å².